The molecule has 1 amide bonds. The molecule has 0 aliphatic heterocycles. The number of rotatable bonds is 10. The van der Waals surface area contributed by atoms with Crippen LogP contribution < -0.4 is 5.32 Å². The first-order valence-electron chi connectivity index (χ1n) is 16.5. The third-order valence-corrected chi connectivity index (χ3v) is 11.9. The summed E-state index contributed by atoms with van der Waals surface area (Å²) >= 11 is 0. The Labute approximate surface area is 272 Å². The second-order valence-corrected chi connectivity index (χ2v) is 14.4. The predicted molar refractivity (Wildman–Crippen MR) is 169 cm³/mol. The number of ketones is 3. The van der Waals surface area contributed by atoms with E-state index in [1.54, 1.807) is 19.2 Å². The van der Waals surface area contributed by atoms with Gasteiger partial charge in [-0.2, -0.15) is 0 Å². The zero-order chi connectivity index (χ0) is 33.7. The topological polar surface area (TPSA) is 180 Å². The van der Waals surface area contributed by atoms with Crippen molar-refractivity contribution in [2.24, 2.45) is 28.6 Å². The largest absolute Gasteiger partial charge is 0.480 e. The Morgan fingerprint density at radius 3 is 2.60 bits per heavy atom. The molecule has 0 saturated heterocycles. The number of para-hydroxylation sites is 1. The summed E-state index contributed by atoms with van der Waals surface area (Å²) in [5.41, 5.74) is -0.613. The number of H-pyrrole nitrogens is 1. The molecule has 4 aliphatic rings. The van der Waals surface area contributed by atoms with E-state index < -0.39 is 47.3 Å². The quantitative estimate of drug-likeness (QED) is 0.281. The molecule has 1 aromatic carbocycles. The summed E-state index contributed by atoms with van der Waals surface area (Å²) in [6.07, 6.45) is 6.00. The van der Waals surface area contributed by atoms with Crippen molar-refractivity contribution in [3.8, 4) is 0 Å². The van der Waals surface area contributed by atoms with Crippen molar-refractivity contribution in [1.82, 2.24) is 10.3 Å². The molecule has 4 aliphatic carbocycles. The Balaban J connectivity index is 1.03. The Morgan fingerprint density at radius 1 is 1.06 bits per heavy atom. The highest BCUT2D eigenvalue weighted by Gasteiger charge is 2.68. The van der Waals surface area contributed by atoms with Gasteiger partial charge in [0.05, 0.1) is 6.42 Å². The number of ether oxygens (including phenoxy) is 1. The smallest absolute Gasteiger partial charge is 0.326 e. The molecule has 0 bridgehead atoms. The number of allylic oxidation sites excluding steroid dienone is 1. The first kappa shape index (κ1) is 32.8. The molecule has 0 radical (unpaired) electrons. The average Bonchev–Trinajstić information content (AvgIpc) is 3.56. The van der Waals surface area contributed by atoms with E-state index in [1.165, 1.54) is 0 Å². The van der Waals surface area contributed by atoms with Gasteiger partial charge in [0.1, 0.15) is 17.4 Å². The zero-order valence-electron chi connectivity index (χ0n) is 26.8. The Morgan fingerprint density at radius 2 is 1.83 bits per heavy atom. The lowest BCUT2D eigenvalue weighted by Crippen LogP contribution is -2.61. The highest BCUT2D eigenvalue weighted by molar-refractivity contribution is 5.95. The van der Waals surface area contributed by atoms with E-state index in [-0.39, 0.29) is 66.8 Å². The number of aromatic amines is 1. The van der Waals surface area contributed by atoms with Gasteiger partial charge >= 0.3 is 11.9 Å². The molecular formula is C36H42N2O9. The van der Waals surface area contributed by atoms with Crippen molar-refractivity contribution in [3.63, 3.8) is 0 Å². The summed E-state index contributed by atoms with van der Waals surface area (Å²) in [5, 5.41) is 24.8. The number of hydrogen-bond donors (Lipinski definition) is 4. The fourth-order valence-electron chi connectivity index (χ4n) is 9.39. The number of nitrogens with one attached hydrogen (secondary N) is 2. The number of benzene rings is 1. The summed E-state index contributed by atoms with van der Waals surface area (Å²) in [6, 6.07) is 6.20. The van der Waals surface area contributed by atoms with Crippen LogP contribution in [0.3, 0.4) is 0 Å². The third-order valence-electron chi connectivity index (χ3n) is 11.9. The average molecular weight is 647 g/mol. The maximum atomic E-state index is 13.8. The lowest BCUT2D eigenvalue weighted by Gasteiger charge is -2.57. The fraction of sp³-hybridized carbons (Fsp3) is 0.556. The number of aromatic nitrogens is 1. The molecular weight excluding hydrogens is 604 g/mol. The lowest BCUT2D eigenvalue weighted by atomic mass is 9.46. The molecule has 11 heteroatoms. The van der Waals surface area contributed by atoms with Crippen LogP contribution in [0.2, 0.25) is 0 Å². The van der Waals surface area contributed by atoms with Crippen LogP contribution in [0, 0.1) is 28.6 Å². The predicted octanol–water partition coefficient (Wildman–Crippen LogP) is 3.61. The van der Waals surface area contributed by atoms with Gasteiger partial charge in [0.15, 0.2) is 12.4 Å². The lowest BCUT2D eigenvalue weighted by molar-refractivity contribution is -0.173. The first-order chi connectivity index (χ1) is 22.3. The van der Waals surface area contributed by atoms with Crippen molar-refractivity contribution in [1.29, 1.82) is 0 Å². The molecule has 7 atom stereocenters. The number of esters is 1. The van der Waals surface area contributed by atoms with E-state index in [1.807, 2.05) is 24.3 Å². The van der Waals surface area contributed by atoms with Crippen LogP contribution in [-0.4, -0.2) is 68.6 Å². The number of aliphatic carboxylic acids is 1. The summed E-state index contributed by atoms with van der Waals surface area (Å²) in [4.78, 5) is 79.5. The van der Waals surface area contributed by atoms with Gasteiger partial charge < -0.3 is 25.3 Å². The number of carboxylic acids is 1. The number of carboxylic acid groups (broad SMARTS) is 1. The highest BCUT2D eigenvalue weighted by Crippen LogP contribution is 2.66. The van der Waals surface area contributed by atoms with E-state index >= 15 is 0 Å². The van der Waals surface area contributed by atoms with E-state index in [2.05, 4.69) is 17.2 Å². The molecule has 1 aromatic heterocycles. The van der Waals surface area contributed by atoms with Crippen molar-refractivity contribution >= 4 is 46.1 Å². The second kappa shape index (κ2) is 12.2. The van der Waals surface area contributed by atoms with Gasteiger partial charge in [0.2, 0.25) is 11.7 Å². The van der Waals surface area contributed by atoms with Crippen LogP contribution in [0.4, 0.5) is 0 Å². The van der Waals surface area contributed by atoms with Crippen LogP contribution >= 0.6 is 0 Å². The maximum absolute atomic E-state index is 13.8. The summed E-state index contributed by atoms with van der Waals surface area (Å²) in [5.74, 6) is -3.57. The zero-order valence-corrected chi connectivity index (χ0v) is 26.8. The number of amides is 1. The van der Waals surface area contributed by atoms with E-state index in [9.17, 15) is 39.0 Å². The molecule has 47 heavy (non-hydrogen) atoms. The molecule has 250 valence electrons. The van der Waals surface area contributed by atoms with E-state index in [0.29, 0.717) is 19.3 Å². The standard InChI is InChI=1S/C36H42N2O9/c1-34-13-11-22(39)16-21(34)7-8-24-25-12-14-36(46,35(25,2)17-28(40)32(24)34)29(41)19-47-31(43)10-9-30(42)38-27(33(44)45)15-20-18-37-26-6-4-3-5-23(20)26/h3-6,16,18,24-25,27,32,37,46H,7-15,17,19H2,1-2H3,(H,38,42)(H,44,45)/t24?,25?,27?,32?,34-,35-,36-/m0/s1. The van der Waals surface area contributed by atoms with Crippen molar-refractivity contribution < 1.29 is 43.7 Å². The fourth-order valence-corrected chi connectivity index (χ4v) is 9.39. The van der Waals surface area contributed by atoms with Crippen LogP contribution in [0.25, 0.3) is 10.9 Å². The molecule has 6 rings (SSSR count). The molecule has 4 N–H and O–H groups in total. The molecule has 11 nitrogen and oxygen atoms in total. The van der Waals surface area contributed by atoms with Crippen LogP contribution in [-0.2, 0) is 39.9 Å². The summed E-state index contributed by atoms with van der Waals surface area (Å²) in [7, 11) is 0. The molecule has 0 spiro atoms. The third kappa shape index (κ3) is 5.62. The minimum Gasteiger partial charge on any atom is -0.480 e. The number of carbonyl (C=O) groups excluding carboxylic acids is 5. The Hall–Kier alpha value is -4.12. The highest BCUT2D eigenvalue weighted by atomic mass is 16.5. The van der Waals surface area contributed by atoms with E-state index in [0.717, 1.165) is 34.9 Å². The number of fused-ring (bicyclic) bond motifs is 6. The van der Waals surface area contributed by atoms with Gasteiger partial charge in [0, 0.05) is 54.1 Å². The summed E-state index contributed by atoms with van der Waals surface area (Å²) < 4.78 is 5.20. The Bertz CT molecular complexity index is 1690. The SMILES string of the molecule is C[C@]12CCC(=O)C=C1CCC1C2C(=O)C[C@@]2(C)C1CC[C@]2(O)C(=O)COC(=O)CCC(=O)NC(Cc1c[nH]c2ccccc12)C(=O)O. The number of aliphatic hydroxyl groups is 1. The van der Waals surface area contributed by atoms with Gasteiger partial charge in [-0.25, -0.2) is 4.79 Å². The first-order valence-corrected chi connectivity index (χ1v) is 16.5. The van der Waals surface area contributed by atoms with Crippen LogP contribution in [0.5, 0.6) is 0 Å². The van der Waals surface area contributed by atoms with Crippen molar-refractivity contribution in [3.05, 3.63) is 47.7 Å². The van der Waals surface area contributed by atoms with Gasteiger partial charge in [0.25, 0.3) is 0 Å². The molecule has 2 aromatic rings. The molecule has 4 unspecified atom stereocenters. The number of Topliss-reactive ketones (excluding diaryl/α,β-unsaturated/α-hetero) is 2. The van der Waals surface area contributed by atoms with Gasteiger partial charge in [-0.05, 0) is 67.1 Å². The molecule has 3 fully saturated rings. The second-order valence-electron chi connectivity index (χ2n) is 14.4. The number of hydrogen-bond acceptors (Lipinski definition) is 8. The molecule has 3 saturated carbocycles. The maximum Gasteiger partial charge on any atom is 0.326 e. The van der Waals surface area contributed by atoms with Crippen molar-refractivity contribution in [2.45, 2.75) is 89.7 Å². The minimum absolute atomic E-state index is 0.00918. The van der Waals surface area contributed by atoms with Crippen molar-refractivity contribution in [2.75, 3.05) is 6.61 Å². The van der Waals surface area contributed by atoms with Gasteiger partial charge in [-0.15, -0.1) is 0 Å². The van der Waals surface area contributed by atoms with Crippen LogP contribution in [0.1, 0.15) is 77.2 Å². The normalized spacial score (nSPS) is 32.1. The molecule has 1 heterocycles. The monoisotopic (exact) mass is 646 g/mol. The number of carbonyl (C=O) groups is 6. The Kier molecular flexibility index (Phi) is 8.48. The van der Waals surface area contributed by atoms with Gasteiger partial charge in [-0.1, -0.05) is 37.6 Å². The minimum atomic E-state index is -1.84. The summed E-state index contributed by atoms with van der Waals surface area (Å²) in [6.45, 7) is 3.20. The van der Waals surface area contributed by atoms with Gasteiger partial charge in [-0.3, -0.25) is 24.0 Å². The van der Waals surface area contributed by atoms with E-state index in [4.69, 9.17) is 4.74 Å². The van der Waals surface area contributed by atoms with Crippen LogP contribution in [0.15, 0.2) is 42.1 Å².